The number of ether oxygens (including phenoxy) is 2. The average Bonchev–Trinajstić information content (AvgIpc) is 3.68. The smallest absolute Gasteiger partial charge is 0.415 e. The summed E-state index contributed by atoms with van der Waals surface area (Å²) in [6, 6.07) is 3.34. The van der Waals surface area contributed by atoms with Gasteiger partial charge in [-0.25, -0.2) is 9.78 Å². The Hall–Kier alpha value is -4.75. The number of carbonyl (C=O) groups excluding carboxylic acids is 4. The number of anilines is 3. The molecule has 1 fully saturated rings. The first kappa shape index (κ1) is 29.2. The van der Waals surface area contributed by atoms with Crippen LogP contribution in [0.15, 0.2) is 24.5 Å². The molecule has 4 rings (SSSR count). The molecule has 0 spiro atoms. The monoisotopic (exact) mass is 566 g/mol. The molecule has 0 atom stereocenters. The van der Waals surface area contributed by atoms with E-state index in [9.17, 15) is 19.2 Å². The molecular formula is C27H34N8O6. The number of fused-ring (bicyclic) bond motifs is 1. The fourth-order valence-electron chi connectivity index (χ4n) is 3.95. The summed E-state index contributed by atoms with van der Waals surface area (Å²) in [4.78, 5) is 56.7. The van der Waals surface area contributed by atoms with Gasteiger partial charge in [-0.2, -0.15) is 0 Å². The van der Waals surface area contributed by atoms with Crippen LogP contribution in [-0.2, 0) is 25.7 Å². The standard InChI is InChI=1S/C27H34N8O6/c1-27(2,3)41-26(39)33(6)25-21(10-22(28-15-36)30-31-25)40-14-19-12-34-11-18(17-7-8-17)9-20(24(34)29-19)35(16-37)13-23(38)32(4)5/h9-12,15-17H,7-8,13-14H2,1-6H3,(H,28,30,36). The van der Waals surface area contributed by atoms with E-state index in [0.29, 0.717) is 35.8 Å². The Bertz CT molecular complexity index is 1460. The SMILES string of the molecule is CN(C)C(=O)CN(C=O)c1cc(C2CC2)cn2cc(COc3cc(NC=O)nnc3N(C)C(=O)OC(C)(C)C)nc12. The van der Waals surface area contributed by atoms with Gasteiger partial charge in [0.2, 0.25) is 24.5 Å². The summed E-state index contributed by atoms with van der Waals surface area (Å²) in [5.41, 5.74) is 1.81. The summed E-state index contributed by atoms with van der Waals surface area (Å²) >= 11 is 0. The van der Waals surface area contributed by atoms with Crippen molar-refractivity contribution in [1.82, 2.24) is 24.5 Å². The molecule has 0 radical (unpaired) electrons. The van der Waals surface area contributed by atoms with E-state index >= 15 is 0 Å². The van der Waals surface area contributed by atoms with Crippen molar-refractivity contribution in [1.29, 1.82) is 0 Å². The minimum Gasteiger partial charge on any atom is -0.483 e. The zero-order chi connectivity index (χ0) is 29.9. The molecule has 3 aromatic heterocycles. The van der Waals surface area contributed by atoms with Gasteiger partial charge in [0.25, 0.3) is 0 Å². The van der Waals surface area contributed by atoms with E-state index in [1.165, 1.54) is 22.9 Å². The van der Waals surface area contributed by atoms with E-state index in [1.807, 2.05) is 16.7 Å². The third-order valence-corrected chi connectivity index (χ3v) is 6.20. The number of aromatic nitrogens is 4. The van der Waals surface area contributed by atoms with Gasteiger partial charge in [-0.3, -0.25) is 19.3 Å². The van der Waals surface area contributed by atoms with Gasteiger partial charge in [-0.05, 0) is 51.2 Å². The minimum absolute atomic E-state index is 0.0427. The molecular weight excluding hydrogens is 532 g/mol. The van der Waals surface area contributed by atoms with Gasteiger partial charge in [0.15, 0.2) is 17.2 Å². The van der Waals surface area contributed by atoms with Crippen LogP contribution >= 0.6 is 0 Å². The topological polar surface area (TPSA) is 152 Å². The van der Waals surface area contributed by atoms with Crippen molar-refractivity contribution in [2.75, 3.05) is 42.8 Å². The molecule has 4 amide bonds. The fraction of sp³-hybridized carbons (Fsp3) is 0.444. The summed E-state index contributed by atoms with van der Waals surface area (Å²) in [5, 5.41) is 10.4. The number of nitrogens with zero attached hydrogens (tertiary/aromatic N) is 7. The molecule has 1 N–H and O–H groups in total. The molecule has 1 aliphatic rings. The number of pyridine rings is 1. The quantitative estimate of drug-likeness (QED) is 0.345. The van der Waals surface area contributed by atoms with Crippen molar-refractivity contribution >= 4 is 47.8 Å². The van der Waals surface area contributed by atoms with Crippen LogP contribution in [0.2, 0.25) is 0 Å². The Labute approximate surface area is 237 Å². The van der Waals surface area contributed by atoms with E-state index in [1.54, 1.807) is 41.1 Å². The summed E-state index contributed by atoms with van der Waals surface area (Å²) in [6.45, 7) is 5.06. The number of hydrogen-bond donors (Lipinski definition) is 1. The van der Waals surface area contributed by atoms with Crippen molar-refractivity contribution < 1.29 is 28.7 Å². The van der Waals surface area contributed by atoms with Crippen molar-refractivity contribution in [2.45, 2.75) is 51.7 Å². The largest absolute Gasteiger partial charge is 0.483 e. The van der Waals surface area contributed by atoms with Gasteiger partial charge < -0.3 is 29.0 Å². The molecule has 1 aliphatic carbocycles. The first-order valence-corrected chi connectivity index (χ1v) is 13.0. The van der Waals surface area contributed by atoms with Crippen molar-refractivity contribution in [3.8, 4) is 5.75 Å². The molecule has 1 saturated carbocycles. The highest BCUT2D eigenvalue weighted by atomic mass is 16.6. The van der Waals surface area contributed by atoms with Crippen LogP contribution in [-0.4, -0.2) is 82.6 Å². The maximum Gasteiger partial charge on any atom is 0.415 e. The van der Waals surface area contributed by atoms with Gasteiger partial charge in [-0.15, -0.1) is 10.2 Å². The first-order chi connectivity index (χ1) is 19.4. The molecule has 0 unspecified atom stereocenters. The van der Waals surface area contributed by atoms with Crippen LogP contribution in [0.5, 0.6) is 5.75 Å². The third-order valence-electron chi connectivity index (χ3n) is 6.20. The summed E-state index contributed by atoms with van der Waals surface area (Å²) in [6.07, 6.45) is 6.25. The number of carbonyl (C=O) groups is 4. The van der Waals surface area contributed by atoms with Crippen LogP contribution in [0.3, 0.4) is 0 Å². The van der Waals surface area contributed by atoms with Crippen LogP contribution in [0.4, 0.5) is 22.1 Å². The molecule has 14 heteroatoms. The second-order valence-corrected chi connectivity index (χ2v) is 10.9. The molecule has 41 heavy (non-hydrogen) atoms. The maximum absolute atomic E-state index is 12.7. The number of amides is 4. The number of nitrogens with one attached hydrogen (secondary N) is 1. The highest BCUT2D eigenvalue weighted by Crippen LogP contribution is 2.41. The summed E-state index contributed by atoms with van der Waals surface area (Å²) in [7, 11) is 4.73. The lowest BCUT2D eigenvalue weighted by molar-refractivity contribution is -0.128. The number of rotatable bonds is 11. The van der Waals surface area contributed by atoms with Crippen LogP contribution in [0, 0.1) is 0 Å². The van der Waals surface area contributed by atoms with Crippen molar-refractivity contribution in [3.05, 3.63) is 35.8 Å². The average molecular weight is 567 g/mol. The molecule has 0 aliphatic heterocycles. The van der Waals surface area contributed by atoms with E-state index in [0.717, 1.165) is 23.3 Å². The van der Waals surface area contributed by atoms with E-state index in [-0.39, 0.29) is 36.4 Å². The van der Waals surface area contributed by atoms with Crippen molar-refractivity contribution in [2.24, 2.45) is 0 Å². The zero-order valence-electron chi connectivity index (χ0n) is 23.9. The zero-order valence-corrected chi connectivity index (χ0v) is 23.9. The lowest BCUT2D eigenvalue weighted by Crippen LogP contribution is -2.36. The second-order valence-electron chi connectivity index (χ2n) is 10.9. The third kappa shape index (κ3) is 7.07. The molecule has 3 aromatic rings. The van der Waals surface area contributed by atoms with Crippen LogP contribution in [0.1, 0.15) is 50.8 Å². The predicted molar refractivity (Wildman–Crippen MR) is 150 cm³/mol. The first-order valence-electron chi connectivity index (χ1n) is 13.0. The van der Waals surface area contributed by atoms with Gasteiger partial charge in [0.05, 0.1) is 11.4 Å². The van der Waals surface area contributed by atoms with Gasteiger partial charge >= 0.3 is 6.09 Å². The number of hydrogen-bond acceptors (Lipinski definition) is 9. The molecule has 3 heterocycles. The van der Waals surface area contributed by atoms with Crippen LogP contribution in [0.25, 0.3) is 5.65 Å². The van der Waals surface area contributed by atoms with Crippen molar-refractivity contribution in [3.63, 3.8) is 0 Å². The summed E-state index contributed by atoms with van der Waals surface area (Å²) < 4.78 is 13.3. The molecule has 0 saturated heterocycles. The van der Waals surface area contributed by atoms with E-state index in [4.69, 9.17) is 9.47 Å². The van der Waals surface area contributed by atoms with Gasteiger partial charge in [0.1, 0.15) is 18.8 Å². The Kier molecular flexibility index (Phi) is 8.40. The fourth-order valence-corrected chi connectivity index (χ4v) is 3.95. The number of imidazole rings is 1. The molecule has 0 bridgehead atoms. The molecule has 0 aromatic carbocycles. The lowest BCUT2D eigenvalue weighted by atomic mass is 10.1. The normalized spacial score (nSPS) is 12.9. The van der Waals surface area contributed by atoms with Gasteiger partial charge in [0, 0.05) is 39.6 Å². The molecule has 218 valence electrons. The van der Waals surface area contributed by atoms with E-state index in [2.05, 4.69) is 20.5 Å². The Morgan fingerprint density at radius 1 is 1.12 bits per heavy atom. The Morgan fingerprint density at radius 2 is 1.85 bits per heavy atom. The van der Waals surface area contributed by atoms with Gasteiger partial charge in [-0.1, -0.05) is 0 Å². The molecule has 14 nitrogen and oxygen atoms in total. The Morgan fingerprint density at radius 3 is 2.46 bits per heavy atom. The number of likely N-dealkylation sites (N-methyl/N-ethyl adjacent to an activating group) is 1. The predicted octanol–water partition coefficient (Wildman–Crippen LogP) is 2.57. The summed E-state index contributed by atoms with van der Waals surface area (Å²) in [5.74, 6) is 0.504. The minimum atomic E-state index is -0.737. The maximum atomic E-state index is 12.7. The lowest BCUT2D eigenvalue weighted by Gasteiger charge is -2.24. The highest BCUT2D eigenvalue weighted by molar-refractivity contribution is 5.92. The van der Waals surface area contributed by atoms with E-state index < -0.39 is 11.7 Å². The second kappa shape index (κ2) is 11.8. The van der Waals surface area contributed by atoms with Crippen LogP contribution < -0.4 is 19.9 Å². The highest BCUT2D eigenvalue weighted by Gasteiger charge is 2.28. The Balaban J connectivity index is 1.65.